The summed E-state index contributed by atoms with van der Waals surface area (Å²) < 4.78 is 1.77. The molecule has 0 aliphatic carbocycles. The monoisotopic (exact) mass is 224 g/mol. The van der Waals surface area contributed by atoms with Crippen molar-refractivity contribution in [3.05, 3.63) is 11.9 Å². The molecule has 4 heteroatoms. The molecule has 1 aromatic heterocycles. The van der Waals surface area contributed by atoms with Crippen molar-refractivity contribution in [1.29, 1.82) is 0 Å². The molecular formula is C12H24N4. The Labute approximate surface area is 98.4 Å². The van der Waals surface area contributed by atoms with Crippen LogP contribution < -0.4 is 5.32 Å². The molecule has 0 fully saturated rings. The van der Waals surface area contributed by atoms with Crippen molar-refractivity contribution < 1.29 is 0 Å². The maximum Gasteiger partial charge on any atom is 0.0827 e. The summed E-state index contributed by atoms with van der Waals surface area (Å²) in [5.74, 6) is 0. The third-order valence-corrected chi connectivity index (χ3v) is 2.72. The molecule has 0 aliphatic rings. The minimum absolute atomic E-state index is 0.631. The molecule has 16 heavy (non-hydrogen) atoms. The van der Waals surface area contributed by atoms with Gasteiger partial charge >= 0.3 is 0 Å². The van der Waals surface area contributed by atoms with Gasteiger partial charge in [0.25, 0.3) is 0 Å². The summed E-state index contributed by atoms with van der Waals surface area (Å²) in [4.78, 5) is 0. The molecule has 1 unspecified atom stereocenters. The fourth-order valence-corrected chi connectivity index (χ4v) is 1.88. The van der Waals surface area contributed by atoms with Crippen molar-refractivity contribution in [2.75, 3.05) is 6.54 Å². The summed E-state index contributed by atoms with van der Waals surface area (Å²) >= 11 is 0. The van der Waals surface area contributed by atoms with Crippen LogP contribution in [0.2, 0.25) is 0 Å². The van der Waals surface area contributed by atoms with Crippen molar-refractivity contribution in [2.24, 2.45) is 7.05 Å². The van der Waals surface area contributed by atoms with Gasteiger partial charge < -0.3 is 5.32 Å². The zero-order valence-corrected chi connectivity index (χ0v) is 10.7. The van der Waals surface area contributed by atoms with Crippen LogP contribution in [0.15, 0.2) is 6.20 Å². The number of aryl methyl sites for hydroxylation is 2. The van der Waals surface area contributed by atoms with Crippen molar-refractivity contribution in [2.45, 2.75) is 52.0 Å². The number of hydrogen-bond acceptors (Lipinski definition) is 3. The molecule has 0 radical (unpaired) electrons. The molecule has 1 rings (SSSR count). The van der Waals surface area contributed by atoms with Gasteiger partial charge in [0.15, 0.2) is 0 Å². The van der Waals surface area contributed by atoms with Crippen LogP contribution >= 0.6 is 0 Å². The highest BCUT2D eigenvalue weighted by molar-refractivity contribution is 4.92. The van der Waals surface area contributed by atoms with Gasteiger partial charge in [0.05, 0.1) is 5.69 Å². The smallest absolute Gasteiger partial charge is 0.0827 e. The Morgan fingerprint density at radius 1 is 1.31 bits per heavy atom. The minimum atomic E-state index is 0.631. The number of aromatic nitrogens is 3. The maximum atomic E-state index is 4.11. The third kappa shape index (κ3) is 4.75. The first-order valence-corrected chi connectivity index (χ1v) is 6.34. The minimum Gasteiger partial charge on any atom is -0.314 e. The van der Waals surface area contributed by atoms with Gasteiger partial charge in [0.1, 0.15) is 0 Å². The molecule has 0 aromatic carbocycles. The Kier molecular flexibility index (Phi) is 6.08. The van der Waals surface area contributed by atoms with Gasteiger partial charge in [0, 0.05) is 19.3 Å². The second kappa shape index (κ2) is 7.39. The zero-order valence-electron chi connectivity index (χ0n) is 10.7. The Balaban J connectivity index is 2.30. The van der Waals surface area contributed by atoms with Gasteiger partial charge in [-0.25, -0.2) is 0 Å². The number of nitrogens with zero attached hydrogens (tertiary/aromatic N) is 3. The van der Waals surface area contributed by atoms with E-state index >= 15 is 0 Å². The number of nitrogens with one attached hydrogen (secondary N) is 1. The Bertz CT molecular complexity index is 282. The SMILES string of the molecule is CCCNC(CCC)CCc1cn(C)nn1. The summed E-state index contributed by atoms with van der Waals surface area (Å²) in [5, 5.41) is 11.7. The Morgan fingerprint density at radius 2 is 2.12 bits per heavy atom. The molecule has 0 amide bonds. The van der Waals surface area contributed by atoms with Crippen molar-refractivity contribution in [1.82, 2.24) is 20.3 Å². The van der Waals surface area contributed by atoms with Crippen LogP contribution in [0.5, 0.6) is 0 Å². The topological polar surface area (TPSA) is 42.7 Å². The summed E-state index contributed by atoms with van der Waals surface area (Å²) in [6.45, 7) is 5.56. The van der Waals surface area contributed by atoms with E-state index in [9.17, 15) is 0 Å². The third-order valence-electron chi connectivity index (χ3n) is 2.72. The van der Waals surface area contributed by atoms with Crippen LogP contribution in [-0.4, -0.2) is 27.6 Å². The Morgan fingerprint density at radius 3 is 2.69 bits per heavy atom. The predicted molar refractivity (Wildman–Crippen MR) is 66.3 cm³/mol. The van der Waals surface area contributed by atoms with Gasteiger partial charge in [-0.3, -0.25) is 4.68 Å². The van der Waals surface area contributed by atoms with E-state index in [1.54, 1.807) is 4.68 Å². The lowest BCUT2D eigenvalue weighted by molar-refractivity contribution is 0.447. The molecule has 0 bridgehead atoms. The first-order chi connectivity index (χ1) is 7.76. The molecule has 1 atom stereocenters. The number of rotatable bonds is 8. The lowest BCUT2D eigenvalue weighted by Crippen LogP contribution is -2.30. The van der Waals surface area contributed by atoms with Crippen LogP contribution in [-0.2, 0) is 13.5 Å². The lowest BCUT2D eigenvalue weighted by Gasteiger charge is -2.16. The fraction of sp³-hybridized carbons (Fsp3) is 0.833. The van der Waals surface area contributed by atoms with Crippen molar-refractivity contribution in [3.63, 3.8) is 0 Å². The normalized spacial score (nSPS) is 12.9. The van der Waals surface area contributed by atoms with Crippen LogP contribution in [0.4, 0.5) is 0 Å². The maximum absolute atomic E-state index is 4.11. The quantitative estimate of drug-likeness (QED) is 0.733. The summed E-state index contributed by atoms with van der Waals surface area (Å²) in [6, 6.07) is 0.631. The van der Waals surface area contributed by atoms with E-state index in [2.05, 4.69) is 29.5 Å². The average Bonchev–Trinajstić information content (AvgIpc) is 2.68. The van der Waals surface area contributed by atoms with Crippen LogP contribution in [0.1, 0.15) is 45.2 Å². The summed E-state index contributed by atoms with van der Waals surface area (Å²) in [7, 11) is 1.91. The zero-order chi connectivity index (χ0) is 11.8. The van der Waals surface area contributed by atoms with Crippen molar-refractivity contribution in [3.8, 4) is 0 Å². The van der Waals surface area contributed by atoms with Crippen LogP contribution in [0, 0.1) is 0 Å². The van der Waals surface area contributed by atoms with E-state index in [0.29, 0.717) is 6.04 Å². The van der Waals surface area contributed by atoms with Gasteiger partial charge in [-0.2, -0.15) is 0 Å². The lowest BCUT2D eigenvalue weighted by atomic mass is 10.1. The summed E-state index contributed by atoms with van der Waals surface area (Å²) in [6.07, 6.45) is 7.87. The highest BCUT2D eigenvalue weighted by Crippen LogP contribution is 2.06. The molecule has 1 N–H and O–H groups in total. The molecule has 4 nitrogen and oxygen atoms in total. The average molecular weight is 224 g/mol. The van der Waals surface area contributed by atoms with E-state index < -0.39 is 0 Å². The Hall–Kier alpha value is -0.900. The molecule has 0 saturated heterocycles. The second-order valence-electron chi connectivity index (χ2n) is 4.36. The van der Waals surface area contributed by atoms with E-state index in [1.165, 1.54) is 19.3 Å². The molecule has 1 aromatic rings. The summed E-state index contributed by atoms with van der Waals surface area (Å²) in [5.41, 5.74) is 1.10. The molecule has 1 heterocycles. The molecule has 92 valence electrons. The fourth-order valence-electron chi connectivity index (χ4n) is 1.88. The van der Waals surface area contributed by atoms with Gasteiger partial charge in [-0.15, -0.1) is 5.10 Å². The molecule has 0 spiro atoms. The van der Waals surface area contributed by atoms with E-state index in [4.69, 9.17) is 0 Å². The van der Waals surface area contributed by atoms with Gasteiger partial charge in [0.2, 0.25) is 0 Å². The highest BCUT2D eigenvalue weighted by Gasteiger charge is 2.08. The number of hydrogen-bond donors (Lipinski definition) is 1. The molecular weight excluding hydrogens is 200 g/mol. The van der Waals surface area contributed by atoms with Crippen molar-refractivity contribution >= 4 is 0 Å². The predicted octanol–water partition coefficient (Wildman–Crippen LogP) is 1.92. The van der Waals surface area contributed by atoms with Gasteiger partial charge in [-0.05, 0) is 32.2 Å². The molecule has 0 saturated carbocycles. The first kappa shape index (κ1) is 13.2. The van der Waals surface area contributed by atoms with Gasteiger partial charge in [-0.1, -0.05) is 25.5 Å². The van der Waals surface area contributed by atoms with E-state index in [0.717, 1.165) is 25.1 Å². The van der Waals surface area contributed by atoms with Crippen LogP contribution in [0.25, 0.3) is 0 Å². The largest absolute Gasteiger partial charge is 0.314 e. The molecule has 0 aliphatic heterocycles. The van der Waals surface area contributed by atoms with E-state index in [1.807, 2.05) is 13.2 Å². The first-order valence-electron chi connectivity index (χ1n) is 6.34. The van der Waals surface area contributed by atoms with E-state index in [-0.39, 0.29) is 0 Å². The highest BCUT2D eigenvalue weighted by atomic mass is 15.4. The second-order valence-corrected chi connectivity index (χ2v) is 4.36. The standard InChI is InChI=1S/C12H24N4/c1-4-6-11(13-9-5-2)7-8-12-10-16(3)15-14-12/h10-11,13H,4-9H2,1-3H3. The van der Waals surface area contributed by atoms with Crippen LogP contribution in [0.3, 0.4) is 0 Å².